The Morgan fingerprint density at radius 1 is 1.10 bits per heavy atom. The van der Waals surface area contributed by atoms with E-state index >= 15 is 0 Å². The Bertz CT molecular complexity index is 726. The lowest BCUT2D eigenvalue weighted by Gasteiger charge is -2.00. The molecule has 0 aliphatic carbocycles. The van der Waals surface area contributed by atoms with Crippen molar-refractivity contribution in [3.8, 4) is 11.1 Å². The van der Waals surface area contributed by atoms with Crippen LogP contribution in [-0.4, -0.2) is 10.8 Å². The SMILES string of the molecule is Cl.Cl.N=C(N)c1cc2cc(-c3cccnc3)ccc2s1. The molecule has 0 atom stereocenters. The Hall–Kier alpha value is -1.62. The van der Waals surface area contributed by atoms with E-state index in [2.05, 4.69) is 23.2 Å². The van der Waals surface area contributed by atoms with Gasteiger partial charge in [0.15, 0.2) is 0 Å². The highest BCUT2D eigenvalue weighted by Gasteiger charge is 2.05. The Kier molecular flexibility index (Phi) is 5.51. The van der Waals surface area contributed by atoms with Crippen LogP contribution in [0.25, 0.3) is 21.2 Å². The number of nitrogens with zero attached hydrogens (tertiary/aromatic N) is 1. The molecule has 0 spiro atoms. The van der Waals surface area contributed by atoms with Gasteiger partial charge in [0.1, 0.15) is 5.84 Å². The largest absolute Gasteiger partial charge is 0.383 e. The number of nitrogens with one attached hydrogen (secondary N) is 1. The molecule has 0 bridgehead atoms. The van der Waals surface area contributed by atoms with Crippen molar-refractivity contribution < 1.29 is 0 Å². The summed E-state index contributed by atoms with van der Waals surface area (Å²) in [5.74, 6) is 0.124. The number of amidine groups is 1. The van der Waals surface area contributed by atoms with Gasteiger partial charge in [-0.2, -0.15) is 0 Å². The van der Waals surface area contributed by atoms with Crippen molar-refractivity contribution >= 4 is 52.1 Å². The molecule has 20 heavy (non-hydrogen) atoms. The maximum Gasteiger partial charge on any atom is 0.133 e. The van der Waals surface area contributed by atoms with E-state index in [0.29, 0.717) is 0 Å². The predicted molar refractivity (Wildman–Crippen MR) is 90.6 cm³/mol. The second kappa shape index (κ2) is 6.70. The van der Waals surface area contributed by atoms with Crippen LogP contribution in [-0.2, 0) is 0 Å². The summed E-state index contributed by atoms with van der Waals surface area (Å²) in [6.07, 6.45) is 3.61. The first-order valence-corrected chi connectivity index (χ1v) is 6.34. The highest BCUT2D eigenvalue weighted by atomic mass is 35.5. The van der Waals surface area contributed by atoms with Crippen molar-refractivity contribution in [2.45, 2.75) is 0 Å². The summed E-state index contributed by atoms with van der Waals surface area (Å²) in [6, 6.07) is 12.2. The number of aromatic nitrogens is 1. The Morgan fingerprint density at radius 2 is 1.90 bits per heavy atom. The lowest BCUT2D eigenvalue weighted by molar-refractivity contribution is 1.33. The van der Waals surface area contributed by atoms with E-state index in [9.17, 15) is 0 Å². The van der Waals surface area contributed by atoms with Crippen molar-refractivity contribution in [2.75, 3.05) is 0 Å². The molecule has 0 saturated heterocycles. The maximum atomic E-state index is 7.46. The summed E-state index contributed by atoms with van der Waals surface area (Å²) >= 11 is 1.54. The third-order valence-corrected chi connectivity index (χ3v) is 3.93. The summed E-state index contributed by atoms with van der Waals surface area (Å²) in [4.78, 5) is 4.94. The molecule has 2 aromatic heterocycles. The third kappa shape index (κ3) is 3.10. The van der Waals surface area contributed by atoms with Crippen LogP contribution in [0.4, 0.5) is 0 Å². The molecule has 0 radical (unpaired) electrons. The minimum absolute atomic E-state index is 0. The van der Waals surface area contributed by atoms with Crippen LogP contribution in [0.15, 0.2) is 48.8 Å². The van der Waals surface area contributed by atoms with Crippen LogP contribution in [0, 0.1) is 5.41 Å². The van der Waals surface area contributed by atoms with Crippen molar-refractivity contribution in [3.63, 3.8) is 0 Å². The van der Waals surface area contributed by atoms with Crippen LogP contribution < -0.4 is 5.73 Å². The number of pyridine rings is 1. The van der Waals surface area contributed by atoms with E-state index in [1.54, 1.807) is 17.5 Å². The van der Waals surface area contributed by atoms with Crippen LogP contribution in [0.1, 0.15) is 4.88 Å². The zero-order valence-electron chi connectivity index (χ0n) is 10.4. The van der Waals surface area contributed by atoms with Gasteiger partial charge in [-0.25, -0.2) is 0 Å². The molecular weight excluding hydrogens is 313 g/mol. The second-order valence-electron chi connectivity index (χ2n) is 4.02. The highest BCUT2D eigenvalue weighted by molar-refractivity contribution is 7.20. The number of benzene rings is 1. The summed E-state index contributed by atoms with van der Waals surface area (Å²) in [7, 11) is 0. The first-order valence-electron chi connectivity index (χ1n) is 5.52. The molecule has 3 aromatic rings. The molecule has 0 saturated carbocycles. The molecule has 104 valence electrons. The van der Waals surface area contributed by atoms with Gasteiger partial charge in [-0.05, 0) is 35.2 Å². The average Bonchev–Trinajstić information content (AvgIpc) is 2.82. The molecule has 3 N–H and O–H groups in total. The summed E-state index contributed by atoms with van der Waals surface area (Å²) in [5, 5.41) is 8.58. The maximum absolute atomic E-state index is 7.46. The molecule has 2 heterocycles. The highest BCUT2D eigenvalue weighted by Crippen LogP contribution is 2.29. The number of fused-ring (bicyclic) bond motifs is 1. The minimum Gasteiger partial charge on any atom is -0.383 e. The standard InChI is InChI=1S/C14H11N3S.2ClH/c15-14(16)13-7-11-6-9(3-4-12(11)18-13)10-2-1-5-17-8-10;;/h1-8H,(H3,15,16);2*1H. The van der Waals surface area contributed by atoms with Crippen molar-refractivity contribution in [1.29, 1.82) is 5.41 Å². The van der Waals surface area contributed by atoms with Crippen molar-refractivity contribution in [3.05, 3.63) is 53.7 Å². The zero-order chi connectivity index (χ0) is 12.5. The van der Waals surface area contributed by atoms with E-state index in [-0.39, 0.29) is 30.6 Å². The number of rotatable bonds is 2. The van der Waals surface area contributed by atoms with Crippen molar-refractivity contribution in [1.82, 2.24) is 4.98 Å². The van der Waals surface area contributed by atoms with Gasteiger partial charge in [0.2, 0.25) is 0 Å². The van der Waals surface area contributed by atoms with E-state index in [4.69, 9.17) is 11.1 Å². The third-order valence-electron chi connectivity index (χ3n) is 2.78. The number of nitrogens with two attached hydrogens (primary N) is 1. The summed E-state index contributed by atoms with van der Waals surface area (Å²) in [5.41, 5.74) is 7.73. The fraction of sp³-hybridized carbons (Fsp3) is 0. The van der Waals surface area contributed by atoms with Gasteiger partial charge in [-0.1, -0.05) is 12.1 Å². The molecule has 6 heteroatoms. The fourth-order valence-corrected chi connectivity index (χ4v) is 2.79. The molecule has 1 aromatic carbocycles. The summed E-state index contributed by atoms with van der Waals surface area (Å²) < 4.78 is 1.15. The molecule has 0 aliphatic heterocycles. The fourth-order valence-electron chi connectivity index (χ4n) is 1.89. The smallest absolute Gasteiger partial charge is 0.133 e. The van der Waals surface area contributed by atoms with Gasteiger partial charge in [-0.15, -0.1) is 36.2 Å². The van der Waals surface area contributed by atoms with Crippen LogP contribution >= 0.6 is 36.2 Å². The van der Waals surface area contributed by atoms with Crippen LogP contribution in [0.3, 0.4) is 0 Å². The number of hydrogen-bond donors (Lipinski definition) is 2. The normalized spacial score (nSPS) is 9.60. The van der Waals surface area contributed by atoms with Gasteiger partial charge in [0.25, 0.3) is 0 Å². The van der Waals surface area contributed by atoms with Gasteiger partial charge in [0.05, 0.1) is 4.88 Å². The molecule has 0 aliphatic rings. The Morgan fingerprint density at radius 3 is 2.55 bits per heavy atom. The minimum atomic E-state index is 0. The molecule has 3 nitrogen and oxygen atoms in total. The molecule has 0 unspecified atom stereocenters. The second-order valence-corrected chi connectivity index (χ2v) is 5.10. The van der Waals surface area contributed by atoms with E-state index < -0.39 is 0 Å². The summed E-state index contributed by atoms with van der Waals surface area (Å²) in [6.45, 7) is 0. The van der Waals surface area contributed by atoms with E-state index in [0.717, 1.165) is 26.1 Å². The number of halogens is 2. The monoisotopic (exact) mass is 325 g/mol. The lowest BCUT2D eigenvalue weighted by atomic mass is 10.1. The first-order chi connectivity index (χ1) is 8.74. The number of thiophene rings is 1. The van der Waals surface area contributed by atoms with E-state index in [1.807, 2.05) is 24.4 Å². The molecular formula is C14H13Cl2N3S. The molecule has 0 amide bonds. The quantitative estimate of drug-likeness (QED) is 0.550. The molecule has 3 rings (SSSR count). The zero-order valence-corrected chi connectivity index (χ0v) is 12.8. The van der Waals surface area contributed by atoms with Gasteiger partial charge >= 0.3 is 0 Å². The number of nitrogen functional groups attached to an aromatic ring is 1. The first kappa shape index (κ1) is 16.4. The van der Waals surface area contributed by atoms with Gasteiger partial charge in [-0.3, -0.25) is 10.4 Å². The topological polar surface area (TPSA) is 62.8 Å². The van der Waals surface area contributed by atoms with E-state index in [1.165, 1.54) is 0 Å². The van der Waals surface area contributed by atoms with Crippen molar-refractivity contribution in [2.24, 2.45) is 5.73 Å². The molecule has 0 fully saturated rings. The number of hydrogen-bond acceptors (Lipinski definition) is 3. The Labute approximate surface area is 133 Å². The van der Waals surface area contributed by atoms with Gasteiger partial charge < -0.3 is 5.73 Å². The average molecular weight is 326 g/mol. The lowest BCUT2D eigenvalue weighted by Crippen LogP contribution is -2.08. The predicted octanol–water partition coefficient (Wildman–Crippen LogP) is 4.09. The Balaban J connectivity index is 0.000001000. The van der Waals surface area contributed by atoms with Crippen LogP contribution in [0.5, 0.6) is 0 Å². The van der Waals surface area contributed by atoms with Gasteiger partial charge in [0, 0.05) is 22.7 Å². The van der Waals surface area contributed by atoms with Crippen LogP contribution in [0.2, 0.25) is 0 Å².